The number of carbonyl (C=O) groups is 2. The van der Waals surface area contributed by atoms with Gasteiger partial charge in [0.2, 0.25) is 11.8 Å². The van der Waals surface area contributed by atoms with Crippen molar-refractivity contribution >= 4 is 75.8 Å². The number of piperazine rings is 1. The van der Waals surface area contributed by atoms with Gasteiger partial charge in [0.15, 0.2) is 5.96 Å². The third-order valence-electron chi connectivity index (χ3n) is 11.5. The third-order valence-corrected chi connectivity index (χ3v) is 13.1. The van der Waals surface area contributed by atoms with E-state index in [1.165, 1.54) is 12.8 Å². The van der Waals surface area contributed by atoms with Crippen molar-refractivity contribution in [2.24, 2.45) is 42.4 Å². The molecule has 13 nitrogen and oxygen atoms in total. The zero-order valence-electron chi connectivity index (χ0n) is 34.2. The van der Waals surface area contributed by atoms with Crippen LogP contribution in [0.2, 0.25) is 20.1 Å². The van der Waals surface area contributed by atoms with E-state index < -0.39 is 6.04 Å². The van der Waals surface area contributed by atoms with E-state index in [4.69, 9.17) is 57.9 Å². The number of carbonyl (C=O) groups excluding carboxylic acids is 2. The normalized spacial score (nSPS) is 19.2. The number of piperidine rings is 1. The minimum absolute atomic E-state index is 0.0619. The molecule has 2 saturated heterocycles. The van der Waals surface area contributed by atoms with E-state index in [0.717, 1.165) is 85.3 Å². The van der Waals surface area contributed by atoms with Crippen LogP contribution in [0.3, 0.4) is 0 Å². The number of aromatic nitrogens is 4. The Bertz CT molecular complexity index is 2130. The number of halogens is 4. The molecule has 3 atom stereocenters. The summed E-state index contributed by atoms with van der Waals surface area (Å²) < 4.78 is 3.75. The average Bonchev–Trinajstić information content (AvgIpc) is 3.80. The fraction of sp³-hybridized carbons (Fsp3) is 0.500. The SMILES string of the molecule is C[C@@H]1CCCN(c2cc(-c3cccc(Cl)c3Cl)nn2C)C1.C[C@H]1CN(c2cc(-c3cccc(Cl)c3Cl)nn2C)CCN1C(=O)CNC(=O)[C@H](N=C(N)N)C1CCCCC1. The summed E-state index contributed by atoms with van der Waals surface area (Å²) in [5.74, 6) is 2.35. The largest absolute Gasteiger partial charge is 0.370 e. The highest BCUT2D eigenvalue weighted by Crippen LogP contribution is 2.36. The molecule has 0 unspecified atom stereocenters. The summed E-state index contributed by atoms with van der Waals surface area (Å²) in [6.45, 7) is 8.17. The Hall–Kier alpha value is -4.17. The molecule has 4 aromatic rings. The van der Waals surface area contributed by atoms with E-state index >= 15 is 0 Å². The van der Waals surface area contributed by atoms with Gasteiger partial charge < -0.3 is 31.5 Å². The van der Waals surface area contributed by atoms with E-state index in [2.05, 4.69) is 43.3 Å². The van der Waals surface area contributed by atoms with Crippen molar-refractivity contribution < 1.29 is 9.59 Å². The monoisotopic (exact) mass is 885 g/mol. The zero-order valence-corrected chi connectivity index (χ0v) is 37.2. The zero-order chi connectivity index (χ0) is 42.4. The van der Waals surface area contributed by atoms with Crippen LogP contribution in [0.4, 0.5) is 11.6 Å². The maximum absolute atomic E-state index is 13.1. The maximum Gasteiger partial charge on any atom is 0.245 e. The number of anilines is 2. The first-order valence-electron chi connectivity index (χ1n) is 20.3. The number of guanidine groups is 1. The van der Waals surface area contributed by atoms with Gasteiger partial charge in [-0.25, -0.2) is 4.99 Å². The van der Waals surface area contributed by atoms with Crippen LogP contribution >= 0.6 is 46.4 Å². The Labute approximate surface area is 367 Å². The molecule has 2 aliphatic heterocycles. The second-order valence-electron chi connectivity index (χ2n) is 15.9. The summed E-state index contributed by atoms with van der Waals surface area (Å²) in [4.78, 5) is 36.6. The highest BCUT2D eigenvalue weighted by Gasteiger charge is 2.32. The van der Waals surface area contributed by atoms with E-state index in [-0.39, 0.29) is 36.3 Å². The minimum atomic E-state index is -0.658. The van der Waals surface area contributed by atoms with Crippen molar-refractivity contribution in [1.82, 2.24) is 29.8 Å². The highest BCUT2D eigenvalue weighted by molar-refractivity contribution is 6.44. The van der Waals surface area contributed by atoms with Crippen molar-refractivity contribution in [1.29, 1.82) is 0 Å². The quantitative estimate of drug-likeness (QED) is 0.116. The molecule has 3 aliphatic rings. The second-order valence-corrected chi connectivity index (χ2v) is 17.5. The number of hydrogen-bond acceptors (Lipinski definition) is 7. The Morgan fingerprint density at radius 1 is 0.780 bits per heavy atom. The molecule has 7 rings (SSSR count). The Kier molecular flexibility index (Phi) is 15.0. The lowest BCUT2D eigenvalue weighted by atomic mass is 9.83. The van der Waals surface area contributed by atoms with Crippen LogP contribution in [0, 0.1) is 11.8 Å². The number of benzene rings is 2. The lowest BCUT2D eigenvalue weighted by Gasteiger charge is -2.40. The summed E-state index contributed by atoms with van der Waals surface area (Å²) in [6.07, 6.45) is 7.62. The van der Waals surface area contributed by atoms with Gasteiger partial charge in [-0.2, -0.15) is 10.2 Å². The smallest absolute Gasteiger partial charge is 0.245 e. The van der Waals surface area contributed by atoms with Crippen LogP contribution in [0.5, 0.6) is 0 Å². The molecule has 318 valence electrons. The number of hydrogen-bond donors (Lipinski definition) is 3. The standard InChI is InChI=1S/C26H36Cl2N8O2.C16H19Cl2N3/c1-16-15-35(21-13-20(33-34(21)2)18-9-6-10-19(27)23(18)28)11-12-36(16)22(37)14-31-25(38)24(32-26(29)30)17-7-4-3-5-8-17;1-11-5-4-8-21(10-11)15-9-14(19-20(15)2)12-6-3-7-13(17)16(12)18/h6,9-10,13,16-17,24H,3-5,7-8,11-12,14-15H2,1-2H3,(H,31,38)(H4,29,30,32);3,6-7,9,11H,4-5,8,10H2,1-2H3/t16-,24+;11-/m01/s1. The molecule has 17 heteroatoms. The van der Waals surface area contributed by atoms with Crippen LogP contribution in [-0.4, -0.2) is 93.6 Å². The molecule has 4 heterocycles. The molecule has 1 aliphatic carbocycles. The number of amides is 2. The summed E-state index contributed by atoms with van der Waals surface area (Å²) in [5.41, 5.74) is 14.5. The number of nitrogens with zero attached hydrogens (tertiary/aromatic N) is 8. The van der Waals surface area contributed by atoms with E-state index in [9.17, 15) is 9.59 Å². The molecule has 3 fully saturated rings. The highest BCUT2D eigenvalue weighted by atomic mass is 35.5. The van der Waals surface area contributed by atoms with Gasteiger partial charge in [-0.05, 0) is 56.6 Å². The molecular weight excluding hydrogens is 832 g/mol. The van der Waals surface area contributed by atoms with Gasteiger partial charge in [0, 0.05) is 76.1 Å². The van der Waals surface area contributed by atoms with Crippen molar-refractivity contribution in [2.45, 2.75) is 70.9 Å². The molecule has 59 heavy (non-hydrogen) atoms. The van der Waals surface area contributed by atoms with Crippen LogP contribution in [0.1, 0.15) is 58.8 Å². The number of aryl methyl sites for hydroxylation is 2. The van der Waals surface area contributed by atoms with Crippen LogP contribution < -0.4 is 26.6 Å². The lowest BCUT2D eigenvalue weighted by molar-refractivity contribution is -0.135. The fourth-order valence-electron chi connectivity index (χ4n) is 8.46. The average molecular weight is 888 g/mol. The van der Waals surface area contributed by atoms with Crippen LogP contribution in [0.25, 0.3) is 22.5 Å². The van der Waals surface area contributed by atoms with Gasteiger partial charge in [0.05, 0.1) is 38.0 Å². The first-order valence-corrected chi connectivity index (χ1v) is 21.9. The van der Waals surface area contributed by atoms with Crippen LogP contribution in [0.15, 0.2) is 53.5 Å². The van der Waals surface area contributed by atoms with Gasteiger partial charge in [-0.3, -0.25) is 19.0 Å². The molecule has 0 spiro atoms. The Balaban J connectivity index is 0.000000234. The summed E-state index contributed by atoms with van der Waals surface area (Å²) in [5, 5.41) is 14.1. The van der Waals surface area contributed by atoms with Gasteiger partial charge in [0.1, 0.15) is 17.7 Å². The van der Waals surface area contributed by atoms with Gasteiger partial charge in [-0.15, -0.1) is 0 Å². The first kappa shape index (κ1) is 44.4. The van der Waals surface area contributed by atoms with Gasteiger partial charge in [0.25, 0.3) is 0 Å². The van der Waals surface area contributed by atoms with Gasteiger partial charge >= 0.3 is 0 Å². The number of aliphatic imine (C=N–C) groups is 1. The number of rotatable bonds is 9. The molecule has 2 amide bonds. The lowest BCUT2D eigenvalue weighted by Crippen LogP contribution is -2.56. The van der Waals surface area contributed by atoms with Crippen molar-refractivity contribution in [2.75, 3.05) is 49.1 Å². The molecule has 0 radical (unpaired) electrons. The number of nitrogens with one attached hydrogen (secondary N) is 1. The summed E-state index contributed by atoms with van der Waals surface area (Å²) in [6, 6.07) is 14.5. The minimum Gasteiger partial charge on any atom is -0.370 e. The predicted octanol–water partition coefficient (Wildman–Crippen LogP) is 7.40. The topological polar surface area (TPSA) is 156 Å². The molecule has 2 aromatic carbocycles. The Morgan fingerprint density at radius 3 is 1.86 bits per heavy atom. The third kappa shape index (κ3) is 10.8. The molecule has 0 bridgehead atoms. The predicted molar refractivity (Wildman–Crippen MR) is 241 cm³/mol. The van der Waals surface area contributed by atoms with Gasteiger partial charge in [-0.1, -0.05) is 96.9 Å². The van der Waals surface area contributed by atoms with E-state index in [1.807, 2.05) is 60.7 Å². The number of nitrogens with two attached hydrogens (primary N) is 2. The maximum atomic E-state index is 13.1. The molecule has 1 saturated carbocycles. The van der Waals surface area contributed by atoms with Crippen molar-refractivity contribution in [3.8, 4) is 22.5 Å². The van der Waals surface area contributed by atoms with Crippen molar-refractivity contribution in [3.63, 3.8) is 0 Å². The van der Waals surface area contributed by atoms with Crippen molar-refractivity contribution in [3.05, 3.63) is 68.6 Å². The first-order chi connectivity index (χ1) is 28.2. The molecular formula is C42H55Cl4N11O2. The molecule has 2 aromatic heterocycles. The molecule has 5 N–H and O–H groups in total. The summed E-state index contributed by atoms with van der Waals surface area (Å²) in [7, 11) is 3.87. The van der Waals surface area contributed by atoms with Crippen LogP contribution in [-0.2, 0) is 23.7 Å². The van der Waals surface area contributed by atoms with E-state index in [0.29, 0.717) is 39.7 Å². The fourth-order valence-corrected chi connectivity index (χ4v) is 9.26. The Morgan fingerprint density at radius 2 is 1.34 bits per heavy atom. The second kappa shape index (κ2) is 19.9. The van der Waals surface area contributed by atoms with E-state index in [1.54, 1.807) is 17.0 Å². The summed E-state index contributed by atoms with van der Waals surface area (Å²) >= 11 is 25.0.